The van der Waals surface area contributed by atoms with Crippen molar-refractivity contribution in [3.05, 3.63) is 32.4 Å². The molecule has 1 aromatic rings. The summed E-state index contributed by atoms with van der Waals surface area (Å²) in [5.74, 6) is 0. The minimum atomic E-state index is -4.16. The predicted molar refractivity (Wildman–Crippen MR) is 53.9 cm³/mol. The Balaban J connectivity index is 2.90. The average Bonchev–Trinajstić information content (AvgIpc) is 1.93. The third kappa shape index (κ3) is 3.72. The van der Waals surface area contributed by atoms with Gasteiger partial charge >= 0.3 is 6.18 Å². The molecule has 0 heterocycles. The zero-order valence-corrected chi connectivity index (χ0v) is 9.24. The van der Waals surface area contributed by atoms with Crippen molar-refractivity contribution in [2.45, 2.75) is 12.6 Å². The van der Waals surface area contributed by atoms with Gasteiger partial charge in [-0.25, -0.2) is 0 Å². The highest BCUT2D eigenvalue weighted by Gasteiger charge is 2.28. The van der Waals surface area contributed by atoms with E-state index in [9.17, 15) is 13.2 Å². The maximum Gasteiger partial charge on any atom is 0.393 e. The van der Waals surface area contributed by atoms with Crippen LogP contribution in [0.3, 0.4) is 0 Å². The smallest absolute Gasteiger partial charge is 0.171 e. The minimum absolute atomic E-state index is 0.262. The first-order chi connectivity index (χ1) is 5.88. The molecule has 72 valence electrons. The van der Waals surface area contributed by atoms with Crippen molar-refractivity contribution in [3.8, 4) is 0 Å². The first-order valence-corrected chi connectivity index (χ1v) is 4.85. The molecule has 0 fully saturated rings. The molecular formula is C8H5ClF3I. The van der Waals surface area contributed by atoms with Gasteiger partial charge in [0.2, 0.25) is 0 Å². The molecule has 5 heteroatoms. The molecule has 1 aromatic carbocycles. The van der Waals surface area contributed by atoms with Gasteiger partial charge in [-0.05, 0) is 40.3 Å². The average molecular weight is 320 g/mol. The molecule has 0 atom stereocenters. The van der Waals surface area contributed by atoms with Crippen LogP contribution in [0.5, 0.6) is 0 Å². The largest absolute Gasteiger partial charge is 0.393 e. The molecule has 13 heavy (non-hydrogen) atoms. The van der Waals surface area contributed by atoms with E-state index in [-0.39, 0.29) is 5.56 Å². The molecule has 0 saturated heterocycles. The van der Waals surface area contributed by atoms with Crippen LogP contribution in [0, 0.1) is 3.57 Å². The first-order valence-electron chi connectivity index (χ1n) is 3.39. The molecule has 0 aromatic heterocycles. The molecule has 0 N–H and O–H groups in total. The number of rotatable bonds is 1. The van der Waals surface area contributed by atoms with E-state index in [1.165, 1.54) is 18.2 Å². The number of benzene rings is 1. The summed E-state index contributed by atoms with van der Waals surface area (Å²) in [5.41, 5.74) is 0.262. The highest BCUT2D eigenvalue weighted by Crippen LogP contribution is 2.26. The van der Waals surface area contributed by atoms with Crippen LogP contribution < -0.4 is 0 Å². The van der Waals surface area contributed by atoms with Crippen molar-refractivity contribution >= 4 is 34.2 Å². The molecular weight excluding hydrogens is 315 g/mol. The van der Waals surface area contributed by atoms with E-state index >= 15 is 0 Å². The Morgan fingerprint density at radius 2 is 1.92 bits per heavy atom. The lowest BCUT2D eigenvalue weighted by Crippen LogP contribution is -2.12. The second kappa shape index (κ2) is 4.04. The van der Waals surface area contributed by atoms with Crippen LogP contribution in [0.15, 0.2) is 18.2 Å². The lowest BCUT2D eigenvalue weighted by Gasteiger charge is -2.08. The zero-order valence-electron chi connectivity index (χ0n) is 6.33. The predicted octanol–water partition coefficient (Wildman–Crippen LogP) is 4.05. The normalized spacial score (nSPS) is 11.8. The third-order valence-corrected chi connectivity index (χ3v) is 2.65. The summed E-state index contributed by atoms with van der Waals surface area (Å²) in [7, 11) is 0. The van der Waals surface area contributed by atoms with Crippen molar-refractivity contribution in [3.63, 3.8) is 0 Å². The third-order valence-electron chi connectivity index (χ3n) is 1.41. The Bertz CT molecular complexity index is 309. The van der Waals surface area contributed by atoms with Gasteiger partial charge in [0, 0.05) is 8.59 Å². The first kappa shape index (κ1) is 11.1. The van der Waals surface area contributed by atoms with E-state index in [4.69, 9.17) is 11.6 Å². The lowest BCUT2D eigenvalue weighted by molar-refractivity contribution is -0.127. The summed E-state index contributed by atoms with van der Waals surface area (Å²) in [6, 6.07) is 4.38. The van der Waals surface area contributed by atoms with Gasteiger partial charge in [-0.1, -0.05) is 17.7 Å². The highest BCUT2D eigenvalue weighted by atomic mass is 127. The molecule has 0 aliphatic heterocycles. The summed E-state index contributed by atoms with van der Waals surface area (Å²) < 4.78 is 36.5. The van der Waals surface area contributed by atoms with Gasteiger partial charge in [0.1, 0.15) is 0 Å². The van der Waals surface area contributed by atoms with Crippen molar-refractivity contribution in [2.24, 2.45) is 0 Å². The number of halogens is 5. The van der Waals surface area contributed by atoms with Gasteiger partial charge in [0.25, 0.3) is 0 Å². The molecule has 0 saturated carbocycles. The maximum absolute atomic E-state index is 12.0. The second-order valence-electron chi connectivity index (χ2n) is 2.53. The Morgan fingerprint density at radius 3 is 2.38 bits per heavy atom. The second-order valence-corrected chi connectivity index (χ2v) is 4.13. The van der Waals surface area contributed by atoms with Crippen LogP contribution in [0.25, 0.3) is 0 Å². The fraction of sp³-hybridized carbons (Fsp3) is 0.250. The minimum Gasteiger partial charge on any atom is -0.171 e. The Labute approximate surface area is 92.2 Å². The molecule has 0 unspecified atom stereocenters. The van der Waals surface area contributed by atoms with Crippen LogP contribution in [0.1, 0.15) is 5.56 Å². The van der Waals surface area contributed by atoms with Gasteiger partial charge in [-0.3, -0.25) is 0 Å². The topological polar surface area (TPSA) is 0 Å². The molecule has 0 amide bonds. The van der Waals surface area contributed by atoms with E-state index in [0.717, 1.165) is 0 Å². The standard InChI is InChI=1S/C8H5ClF3I/c9-6-2-1-5(7(13)3-6)4-8(10,11)12/h1-3H,4H2. The molecule has 0 bridgehead atoms. The van der Waals surface area contributed by atoms with Crippen LogP contribution in [0.2, 0.25) is 5.02 Å². The van der Waals surface area contributed by atoms with E-state index in [1.807, 2.05) is 22.6 Å². The SMILES string of the molecule is FC(F)(F)Cc1ccc(Cl)cc1I. The van der Waals surface area contributed by atoms with Crippen LogP contribution >= 0.6 is 34.2 Å². The van der Waals surface area contributed by atoms with E-state index in [0.29, 0.717) is 8.59 Å². The molecule has 0 spiro atoms. The van der Waals surface area contributed by atoms with Crippen LogP contribution in [-0.4, -0.2) is 6.18 Å². The quantitative estimate of drug-likeness (QED) is 0.685. The van der Waals surface area contributed by atoms with E-state index in [1.54, 1.807) is 0 Å². The van der Waals surface area contributed by atoms with E-state index in [2.05, 4.69) is 0 Å². The molecule has 0 aliphatic carbocycles. The van der Waals surface area contributed by atoms with Crippen molar-refractivity contribution in [1.82, 2.24) is 0 Å². The van der Waals surface area contributed by atoms with Gasteiger partial charge in [-0.15, -0.1) is 0 Å². The number of alkyl halides is 3. The van der Waals surface area contributed by atoms with Crippen molar-refractivity contribution < 1.29 is 13.2 Å². The highest BCUT2D eigenvalue weighted by molar-refractivity contribution is 14.1. The number of hydrogen-bond acceptors (Lipinski definition) is 0. The Hall–Kier alpha value is 0.0300. The Morgan fingerprint density at radius 1 is 1.31 bits per heavy atom. The van der Waals surface area contributed by atoms with Crippen molar-refractivity contribution in [1.29, 1.82) is 0 Å². The monoisotopic (exact) mass is 320 g/mol. The Kier molecular flexibility index (Phi) is 3.45. The summed E-state index contributed by atoms with van der Waals surface area (Å²) in [4.78, 5) is 0. The van der Waals surface area contributed by atoms with Crippen molar-refractivity contribution in [2.75, 3.05) is 0 Å². The van der Waals surface area contributed by atoms with Gasteiger partial charge in [-0.2, -0.15) is 13.2 Å². The summed E-state index contributed by atoms with van der Waals surface area (Å²) >= 11 is 7.44. The fourth-order valence-electron chi connectivity index (χ4n) is 0.881. The molecule has 0 aliphatic rings. The summed E-state index contributed by atoms with van der Waals surface area (Å²) in [6.07, 6.45) is -5.06. The molecule has 1 rings (SSSR count). The number of hydrogen-bond donors (Lipinski definition) is 0. The summed E-state index contributed by atoms with van der Waals surface area (Å²) in [5, 5.41) is 0.454. The zero-order chi connectivity index (χ0) is 10.1. The van der Waals surface area contributed by atoms with Gasteiger partial charge in [0.05, 0.1) is 6.42 Å². The fourth-order valence-corrected chi connectivity index (χ4v) is 1.94. The van der Waals surface area contributed by atoms with E-state index < -0.39 is 12.6 Å². The van der Waals surface area contributed by atoms with Gasteiger partial charge in [0.15, 0.2) is 0 Å². The van der Waals surface area contributed by atoms with Crippen LogP contribution in [-0.2, 0) is 6.42 Å². The van der Waals surface area contributed by atoms with Gasteiger partial charge < -0.3 is 0 Å². The van der Waals surface area contributed by atoms with Crippen LogP contribution in [0.4, 0.5) is 13.2 Å². The lowest BCUT2D eigenvalue weighted by atomic mass is 10.1. The molecule has 0 radical (unpaired) electrons. The maximum atomic E-state index is 12.0. The molecule has 0 nitrogen and oxygen atoms in total. The summed E-state index contributed by atoms with van der Waals surface area (Å²) in [6.45, 7) is 0.